The first-order valence-electron chi connectivity index (χ1n) is 5.86. The Morgan fingerprint density at radius 3 is 1.44 bits per heavy atom. The molecule has 3 aliphatic rings. The Morgan fingerprint density at radius 2 is 1.06 bits per heavy atom. The van der Waals surface area contributed by atoms with Crippen LogP contribution in [0.2, 0.25) is 12.1 Å². The molecule has 1 saturated heterocycles. The SMILES string of the molecule is [CH]1[CH][CH][C]([Si]2([C]3[CH][CH][CH][CH]3)CCCC2)[CH]1.[Fe+2]. The summed E-state index contributed by atoms with van der Waals surface area (Å²) in [5, 5.41) is 0. The Morgan fingerprint density at radius 1 is 0.688 bits per heavy atom. The third-order valence-electron chi connectivity index (χ3n) is 3.89. The molecule has 0 amide bonds. The van der Waals surface area contributed by atoms with Gasteiger partial charge in [-0.25, -0.2) is 0 Å². The van der Waals surface area contributed by atoms with Crippen molar-refractivity contribution in [3.05, 3.63) is 62.4 Å². The quantitative estimate of drug-likeness (QED) is 0.675. The van der Waals surface area contributed by atoms with Crippen molar-refractivity contribution in [3.63, 3.8) is 0 Å². The summed E-state index contributed by atoms with van der Waals surface area (Å²) >= 11 is 0. The van der Waals surface area contributed by atoms with Gasteiger partial charge < -0.3 is 0 Å². The summed E-state index contributed by atoms with van der Waals surface area (Å²) in [6.45, 7) is 0. The van der Waals surface area contributed by atoms with Crippen molar-refractivity contribution in [2.75, 3.05) is 0 Å². The molecule has 0 aromatic heterocycles. The summed E-state index contributed by atoms with van der Waals surface area (Å²) in [7, 11) is -1.28. The summed E-state index contributed by atoms with van der Waals surface area (Å²) < 4.78 is 0. The molecular formula is C14H16FeSi+2. The van der Waals surface area contributed by atoms with E-state index < -0.39 is 8.07 Å². The summed E-state index contributed by atoms with van der Waals surface area (Å²) in [5.74, 6) is 0. The minimum absolute atomic E-state index is 0. The van der Waals surface area contributed by atoms with E-state index in [1.54, 1.807) is 11.1 Å². The fourth-order valence-electron chi connectivity index (χ4n) is 3.11. The predicted octanol–water partition coefficient (Wildman–Crippen LogP) is 3.12. The molecule has 2 saturated carbocycles. The van der Waals surface area contributed by atoms with Crippen LogP contribution < -0.4 is 0 Å². The van der Waals surface area contributed by atoms with Gasteiger partial charge in [0.1, 0.15) is 0 Å². The van der Waals surface area contributed by atoms with Gasteiger partial charge in [-0.1, -0.05) is 24.9 Å². The maximum Gasteiger partial charge on any atom is 2.00 e. The van der Waals surface area contributed by atoms with E-state index in [1.807, 2.05) is 0 Å². The second-order valence-corrected chi connectivity index (χ2v) is 8.96. The zero-order chi connectivity index (χ0) is 10.1. The molecule has 0 N–H and O–H groups in total. The molecule has 2 heteroatoms. The van der Waals surface area contributed by atoms with Crippen molar-refractivity contribution >= 4 is 8.07 Å². The Bertz CT molecular complexity index is 193. The fourth-order valence-corrected chi connectivity index (χ4v) is 8.21. The maximum absolute atomic E-state index is 2.35. The molecule has 10 radical (unpaired) electrons. The van der Waals surface area contributed by atoms with Gasteiger partial charge in [0, 0.05) is 0 Å². The van der Waals surface area contributed by atoms with E-state index in [-0.39, 0.29) is 17.1 Å². The number of rotatable bonds is 2. The first kappa shape index (κ1) is 13.2. The van der Waals surface area contributed by atoms with Crippen LogP contribution in [0.5, 0.6) is 0 Å². The van der Waals surface area contributed by atoms with Crippen LogP contribution in [-0.4, -0.2) is 8.07 Å². The topological polar surface area (TPSA) is 0 Å². The van der Waals surface area contributed by atoms with Gasteiger partial charge in [0.2, 0.25) is 0 Å². The van der Waals surface area contributed by atoms with E-state index in [4.69, 9.17) is 0 Å². The second-order valence-electron chi connectivity index (χ2n) is 4.64. The zero-order valence-corrected chi connectivity index (χ0v) is 11.4. The Kier molecular flexibility index (Phi) is 4.60. The molecule has 3 rings (SSSR count). The van der Waals surface area contributed by atoms with Crippen LogP contribution in [0, 0.1) is 62.4 Å². The van der Waals surface area contributed by atoms with Crippen molar-refractivity contribution in [2.24, 2.45) is 0 Å². The van der Waals surface area contributed by atoms with E-state index in [0.29, 0.717) is 0 Å². The van der Waals surface area contributed by atoms with Gasteiger partial charge in [0.25, 0.3) is 0 Å². The second kappa shape index (κ2) is 5.58. The predicted molar refractivity (Wildman–Crippen MR) is 65.5 cm³/mol. The summed E-state index contributed by atoms with van der Waals surface area (Å²) in [6.07, 6.45) is 21.1. The molecule has 3 fully saturated rings. The molecule has 0 bridgehead atoms. The first-order chi connectivity index (χ1) is 7.42. The molecule has 2 aliphatic carbocycles. The summed E-state index contributed by atoms with van der Waals surface area (Å²) in [6, 6.07) is 2.92. The van der Waals surface area contributed by atoms with Crippen molar-refractivity contribution in [3.8, 4) is 0 Å². The third-order valence-corrected chi connectivity index (χ3v) is 9.18. The minimum Gasteiger partial charge on any atom is -0.0563 e. The van der Waals surface area contributed by atoms with Gasteiger partial charge >= 0.3 is 17.1 Å². The molecule has 82 valence electrons. The van der Waals surface area contributed by atoms with Crippen LogP contribution >= 0.6 is 0 Å². The molecule has 0 unspecified atom stereocenters. The standard InChI is InChI=1S/C14H16Si.Fe/c1-2-8-13(7-1)15(11-5-6-12-15)14-9-3-4-10-14;/h1-4,7-10H,5-6,11-12H2;/q;+2. The van der Waals surface area contributed by atoms with Gasteiger partial charge in [-0.15, -0.1) is 0 Å². The molecule has 1 heterocycles. The average molecular weight is 268 g/mol. The normalized spacial score (nSPS) is 30.8. The molecule has 0 atom stereocenters. The number of hydrogen-bond donors (Lipinski definition) is 0. The van der Waals surface area contributed by atoms with E-state index in [1.165, 1.54) is 24.9 Å². The van der Waals surface area contributed by atoms with Crippen molar-refractivity contribution < 1.29 is 17.1 Å². The monoisotopic (exact) mass is 268 g/mol. The molecule has 16 heavy (non-hydrogen) atoms. The Balaban J connectivity index is 0.000000963. The molecule has 0 nitrogen and oxygen atoms in total. The fraction of sp³-hybridized carbons (Fsp3) is 0.286. The molecule has 0 aromatic carbocycles. The van der Waals surface area contributed by atoms with Crippen molar-refractivity contribution in [1.29, 1.82) is 0 Å². The van der Waals surface area contributed by atoms with E-state index in [0.717, 1.165) is 0 Å². The van der Waals surface area contributed by atoms with Gasteiger partial charge in [-0.05, 0) is 62.4 Å². The average Bonchev–Trinajstić information content (AvgIpc) is 3.02. The molecule has 0 aromatic rings. The Labute approximate surface area is 112 Å². The smallest absolute Gasteiger partial charge is 0.0563 e. The van der Waals surface area contributed by atoms with Gasteiger partial charge in [0.15, 0.2) is 0 Å². The molecule has 0 spiro atoms. The summed E-state index contributed by atoms with van der Waals surface area (Å²) in [4.78, 5) is 0. The van der Waals surface area contributed by atoms with Crippen molar-refractivity contribution in [2.45, 2.75) is 24.9 Å². The third kappa shape index (κ3) is 2.18. The molecule has 1 aliphatic heterocycles. The van der Waals surface area contributed by atoms with Crippen LogP contribution in [0.4, 0.5) is 0 Å². The van der Waals surface area contributed by atoms with Crippen LogP contribution in [-0.2, 0) is 17.1 Å². The van der Waals surface area contributed by atoms with E-state index in [9.17, 15) is 0 Å². The number of hydrogen-bond acceptors (Lipinski definition) is 0. The van der Waals surface area contributed by atoms with Crippen LogP contribution in [0.3, 0.4) is 0 Å². The van der Waals surface area contributed by atoms with Crippen LogP contribution in [0.1, 0.15) is 12.8 Å². The first-order valence-corrected chi connectivity index (χ1v) is 8.28. The van der Waals surface area contributed by atoms with Crippen molar-refractivity contribution in [1.82, 2.24) is 0 Å². The largest absolute Gasteiger partial charge is 2.00 e. The minimum atomic E-state index is -1.28. The zero-order valence-electron chi connectivity index (χ0n) is 9.30. The van der Waals surface area contributed by atoms with Gasteiger partial charge in [-0.3, -0.25) is 0 Å². The van der Waals surface area contributed by atoms with Gasteiger partial charge in [-0.2, -0.15) is 0 Å². The molecular weight excluding hydrogens is 252 g/mol. The van der Waals surface area contributed by atoms with E-state index >= 15 is 0 Å². The summed E-state index contributed by atoms with van der Waals surface area (Å²) in [5.41, 5.74) is 3.32. The van der Waals surface area contributed by atoms with E-state index in [2.05, 4.69) is 51.4 Å². The maximum atomic E-state index is 2.35. The Hall–Kier alpha value is 0.736. The van der Waals surface area contributed by atoms with Crippen LogP contribution in [0.15, 0.2) is 0 Å². The van der Waals surface area contributed by atoms with Crippen LogP contribution in [0.25, 0.3) is 0 Å². The van der Waals surface area contributed by atoms with Gasteiger partial charge in [0.05, 0.1) is 8.07 Å².